The highest BCUT2D eigenvalue weighted by molar-refractivity contribution is 5.85. The number of carbonyl (C=O) groups is 1. The van der Waals surface area contributed by atoms with E-state index in [0.717, 1.165) is 74.9 Å². The lowest BCUT2D eigenvalue weighted by Gasteiger charge is -2.43. The lowest BCUT2D eigenvalue weighted by Crippen LogP contribution is -2.59. The molecule has 10 heterocycles. The van der Waals surface area contributed by atoms with Gasteiger partial charge in [0, 0.05) is 141 Å². The molecule has 0 radical (unpaired) electrons. The molecule has 4 fully saturated rings. The molecule has 20 heteroatoms. The summed E-state index contributed by atoms with van der Waals surface area (Å²) in [7, 11) is 0. The molecule has 6 aromatic heterocycles. The zero-order valence-electron chi connectivity index (χ0n) is 46.1. The third kappa shape index (κ3) is 11.2. The van der Waals surface area contributed by atoms with Gasteiger partial charge in [0.15, 0.2) is 11.6 Å². The molecule has 0 aliphatic carbocycles. The maximum atomic E-state index is 15.1. The first-order chi connectivity index (χ1) is 37.7. The number of hydrogen-bond acceptors (Lipinski definition) is 13. The fourth-order valence-corrected chi connectivity index (χ4v) is 11.8. The van der Waals surface area contributed by atoms with Crippen LogP contribution in [0.5, 0.6) is 0 Å². The van der Waals surface area contributed by atoms with Crippen molar-refractivity contribution < 1.29 is 27.1 Å². The maximum absolute atomic E-state index is 15.1. The second kappa shape index (κ2) is 21.4. The number of fused-ring (bicyclic) bond motifs is 4. The second-order valence-electron chi connectivity index (χ2n) is 23.2. The second-order valence-corrected chi connectivity index (χ2v) is 23.2. The molecule has 4 saturated heterocycles. The zero-order valence-corrected chi connectivity index (χ0v) is 46.1. The highest BCUT2D eigenvalue weighted by atomic mass is 19.1. The molecule has 0 unspecified atom stereocenters. The summed E-state index contributed by atoms with van der Waals surface area (Å²) in [6, 6.07) is 10.5. The van der Waals surface area contributed by atoms with E-state index in [4.69, 9.17) is 4.74 Å². The van der Waals surface area contributed by atoms with Crippen molar-refractivity contribution in [1.29, 1.82) is 0 Å². The SMILES string of the molecule is Cc1nc2c(F)cc(-c3cc(Cc4ncc(CN5C[C@H]6CN(C(=O)OC(C)(C)C)[C@H]6C5)cn4)ncc3F)cc2n1C(C)C.Cc1nc2c(F)cc(-c3cc(Cc4ncc(CN5C[C@H]6CN[C@H]6C5)cn4)ncc3F)cc2n1C(C)C. The number of amides is 1. The average molecular weight is 1080 g/mol. The molecule has 1 amide bonds. The van der Waals surface area contributed by atoms with Gasteiger partial charge in [-0.1, -0.05) is 0 Å². The summed E-state index contributed by atoms with van der Waals surface area (Å²) in [5.41, 5.74) is 6.04. The van der Waals surface area contributed by atoms with Crippen LogP contribution in [0.25, 0.3) is 44.3 Å². The number of benzene rings is 2. The predicted octanol–water partition coefficient (Wildman–Crippen LogP) is 9.75. The van der Waals surface area contributed by atoms with Gasteiger partial charge in [-0.15, -0.1) is 0 Å². The Kier molecular flexibility index (Phi) is 14.5. The number of hydrogen-bond donors (Lipinski definition) is 1. The molecule has 8 aromatic rings. The van der Waals surface area contributed by atoms with E-state index in [2.05, 4.69) is 55.0 Å². The maximum Gasteiger partial charge on any atom is 0.410 e. The van der Waals surface area contributed by atoms with Crippen molar-refractivity contribution in [2.45, 2.75) is 118 Å². The van der Waals surface area contributed by atoms with Crippen molar-refractivity contribution >= 4 is 28.2 Å². The van der Waals surface area contributed by atoms with E-state index in [9.17, 15) is 18.0 Å². The number of nitrogens with zero attached hydrogens (tertiary/aromatic N) is 13. The van der Waals surface area contributed by atoms with Gasteiger partial charge in [-0.2, -0.15) is 0 Å². The fourth-order valence-electron chi connectivity index (χ4n) is 11.8. The Balaban J connectivity index is 0.000000170. The Labute approximate surface area is 456 Å². The van der Waals surface area contributed by atoms with Gasteiger partial charge in [0.2, 0.25) is 0 Å². The highest BCUT2D eigenvalue weighted by Crippen LogP contribution is 2.36. The summed E-state index contributed by atoms with van der Waals surface area (Å²) in [4.78, 5) is 54.4. The molecule has 79 heavy (non-hydrogen) atoms. The number of aromatic nitrogens is 10. The molecule has 4 atom stereocenters. The topological polar surface area (TPSA) is 161 Å². The average Bonchev–Trinajstić information content (AvgIpc) is 4.31. The predicted molar refractivity (Wildman–Crippen MR) is 292 cm³/mol. The van der Waals surface area contributed by atoms with Crippen LogP contribution in [0.4, 0.5) is 22.4 Å². The Bertz CT molecular complexity index is 3570. The molecule has 0 bridgehead atoms. The number of nitrogens with one attached hydrogen (secondary N) is 1. The molecule has 412 valence electrons. The summed E-state index contributed by atoms with van der Waals surface area (Å²) < 4.78 is 69.3. The third-order valence-electron chi connectivity index (χ3n) is 15.4. The standard InChI is InChI=1S/C32H37F2N7O2.C27H29F2N7/c1-18(2)41-19(3)38-30-25(33)7-21(8-27(30)41)24-9-23(35-13-26(24)34)10-29-36-11-20(12-37-29)14-39-15-22-16-40(28(22)17-39)31(42)43-32(4,5)6;1-15(2)36-16(3)34-27-22(28)4-18(5-25(27)36)21-6-20(30-11-23(21)29)7-26-32-8-17(9-33-26)12-35-13-19-10-31-24(19)14-35/h7-9,11-13,18,22,28H,10,14-17H2,1-6H3;4-6,8-9,11,15,19,24,31H,7,10,12-14H2,1-3H3/t22-,28-;19-,24+/m01/s1. The molecular formula is C59H66F4N14O2. The first-order valence-corrected chi connectivity index (χ1v) is 27.1. The van der Waals surface area contributed by atoms with Gasteiger partial charge in [0.25, 0.3) is 0 Å². The highest BCUT2D eigenvalue weighted by Gasteiger charge is 2.49. The number of ether oxygens (including phenoxy) is 1. The lowest BCUT2D eigenvalue weighted by atomic mass is 9.93. The van der Waals surface area contributed by atoms with Gasteiger partial charge >= 0.3 is 6.09 Å². The van der Waals surface area contributed by atoms with Gasteiger partial charge in [0.05, 0.1) is 42.3 Å². The van der Waals surface area contributed by atoms with Gasteiger partial charge in [-0.05, 0) is 110 Å². The van der Waals surface area contributed by atoms with Crippen LogP contribution >= 0.6 is 0 Å². The number of likely N-dealkylation sites (tertiary alicyclic amines) is 3. The number of rotatable bonds is 12. The van der Waals surface area contributed by atoms with Gasteiger partial charge in [-0.25, -0.2) is 52.3 Å². The molecule has 2 aromatic carbocycles. The molecule has 0 spiro atoms. The molecule has 16 nitrogen and oxygen atoms in total. The van der Waals surface area contributed by atoms with Crippen LogP contribution in [0.3, 0.4) is 0 Å². The Morgan fingerprint density at radius 2 is 1.08 bits per heavy atom. The smallest absolute Gasteiger partial charge is 0.410 e. The normalized spacial score (nSPS) is 19.2. The zero-order chi connectivity index (χ0) is 55.6. The van der Waals surface area contributed by atoms with Crippen molar-refractivity contribution in [3.05, 3.63) is 143 Å². The quantitative estimate of drug-likeness (QED) is 0.115. The van der Waals surface area contributed by atoms with E-state index < -0.39 is 28.9 Å². The number of aryl methyl sites for hydroxylation is 2. The van der Waals surface area contributed by atoms with Crippen molar-refractivity contribution in [2.75, 3.05) is 39.3 Å². The summed E-state index contributed by atoms with van der Waals surface area (Å²) >= 11 is 0. The van der Waals surface area contributed by atoms with E-state index in [1.807, 2.05) is 88.7 Å². The van der Waals surface area contributed by atoms with Gasteiger partial charge in [-0.3, -0.25) is 19.8 Å². The molecule has 4 aliphatic rings. The van der Waals surface area contributed by atoms with Crippen LogP contribution < -0.4 is 5.32 Å². The largest absolute Gasteiger partial charge is 0.444 e. The fraction of sp³-hybridized carbons (Fsp3) is 0.441. The third-order valence-corrected chi connectivity index (χ3v) is 15.4. The number of halogens is 4. The number of carbonyl (C=O) groups excluding carboxylic acids is 1. The molecule has 0 saturated carbocycles. The van der Waals surface area contributed by atoms with Crippen molar-refractivity contribution in [3.63, 3.8) is 0 Å². The lowest BCUT2D eigenvalue weighted by molar-refractivity contribution is -0.0164. The molecule has 1 N–H and O–H groups in total. The van der Waals surface area contributed by atoms with Gasteiger partial charge in [0.1, 0.15) is 51.6 Å². The Hall–Kier alpha value is -7.29. The summed E-state index contributed by atoms with van der Waals surface area (Å²) in [6.45, 7) is 24.6. The summed E-state index contributed by atoms with van der Waals surface area (Å²) in [5.74, 6) is 1.83. The minimum Gasteiger partial charge on any atom is -0.444 e. The first-order valence-electron chi connectivity index (χ1n) is 27.1. The van der Waals surface area contributed by atoms with E-state index in [1.54, 1.807) is 36.7 Å². The number of imidazole rings is 2. The summed E-state index contributed by atoms with van der Waals surface area (Å²) in [5, 5.41) is 3.47. The van der Waals surface area contributed by atoms with Crippen LogP contribution in [-0.2, 0) is 30.7 Å². The van der Waals surface area contributed by atoms with E-state index in [-0.39, 0.29) is 35.3 Å². The van der Waals surface area contributed by atoms with Crippen molar-refractivity contribution in [1.82, 2.24) is 69.0 Å². The van der Waals surface area contributed by atoms with Crippen LogP contribution in [0.2, 0.25) is 0 Å². The Morgan fingerprint density at radius 3 is 1.49 bits per heavy atom. The van der Waals surface area contributed by atoms with Gasteiger partial charge < -0.3 is 24.1 Å². The molecule has 4 aliphatic heterocycles. The van der Waals surface area contributed by atoms with Crippen molar-refractivity contribution in [3.8, 4) is 22.3 Å². The van der Waals surface area contributed by atoms with Crippen LogP contribution in [0, 0.1) is 49.0 Å². The summed E-state index contributed by atoms with van der Waals surface area (Å²) in [6.07, 6.45) is 10.1. The van der Waals surface area contributed by atoms with Crippen LogP contribution in [0.15, 0.2) is 73.6 Å². The van der Waals surface area contributed by atoms with Crippen molar-refractivity contribution in [2.24, 2.45) is 11.8 Å². The minimum atomic E-state index is -0.532. The van der Waals surface area contributed by atoms with E-state index in [1.165, 1.54) is 18.3 Å². The number of pyridine rings is 2. The van der Waals surface area contributed by atoms with Crippen LogP contribution in [-0.4, -0.2) is 127 Å². The first kappa shape index (κ1) is 53.7. The Morgan fingerprint density at radius 1 is 0.608 bits per heavy atom. The minimum absolute atomic E-state index is 0.0742. The molecular weight excluding hydrogens is 1010 g/mol. The van der Waals surface area contributed by atoms with E-state index >= 15 is 4.39 Å². The monoisotopic (exact) mass is 1080 g/mol. The molecule has 12 rings (SSSR count). The van der Waals surface area contributed by atoms with Crippen LogP contribution in [0.1, 0.15) is 106 Å². The van der Waals surface area contributed by atoms with E-state index in [0.29, 0.717) is 93.4 Å².